The quantitative estimate of drug-likeness (QED) is 0.557. The first-order valence-corrected chi connectivity index (χ1v) is 4.73. The van der Waals surface area contributed by atoms with E-state index in [0.717, 1.165) is 5.56 Å². The third-order valence-electron chi connectivity index (χ3n) is 2.00. The number of nitrogen functional groups attached to an aromatic ring is 1. The van der Waals surface area contributed by atoms with Gasteiger partial charge in [0.1, 0.15) is 0 Å². The van der Waals surface area contributed by atoms with E-state index >= 15 is 0 Å². The number of hydrogen-bond donors (Lipinski definition) is 2. The molecule has 1 aromatic rings. The third kappa shape index (κ3) is 3.81. The molecule has 0 aliphatic rings. The lowest BCUT2D eigenvalue weighted by Crippen LogP contribution is -2.30. The smallest absolute Gasteiger partial charge is 0.287 e. The van der Waals surface area contributed by atoms with E-state index in [1.807, 2.05) is 24.3 Å². The normalized spacial score (nSPS) is 9.67. The van der Waals surface area contributed by atoms with E-state index in [1.165, 1.54) is 6.92 Å². The summed E-state index contributed by atoms with van der Waals surface area (Å²) in [5, 5.41) is 2.53. The standard InChI is InChI=1S/C11H14N2O2/c1-8(14)11(15)13-7-6-9-2-4-10(12)5-3-9/h2-5H,6-7,12H2,1H3,(H,13,15). The summed E-state index contributed by atoms with van der Waals surface area (Å²) < 4.78 is 0. The van der Waals surface area contributed by atoms with Crippen LogP contribution in [-0.4, -0.2) is 18.2 Å². The Kier molecular flexibility index (Phi) is 3.85. The zero-order chi connectivity index (χ0) is 11.3. The molecular weight excluding hydrogens is 192 g/mol. The minimum absolute atomic E-state index is 0.461. The molecule has 0 spiro atoms. The minimum Gasteiger partial charge on any atom is -0.399 e. The lowest BCUT2D eigenvalue weighted by molar-refractivity contribution is -0.136. The van der Waals surface area contributed by atoms with Crippen LogP contribution in [0, 0.1) is 0 Å². The molecule has 3 N–H and O–H groups in total. The molecule has 0 unspecified atom stereocenters. The number of nitrogens with two attached hydrogens (primary N) is 1. The second-order valence-corrected chi connectivity index (χ2v) is 3.30. The number of anilines is 1. The second-order valence-electron chi connectivity index (χ2n) is 3.30. The first-order chi connectivity index (χ1) is 7.09. The van der Waals surface area contributed by atoms with E-state index in [-0.39, 0.29) is 0 Å². The molecular formula is C11H14N2O2. The van der Waals surface area contributed by atoms with Crippen LogP contribution in [0.25, 0.3) is 0 Å². The highest BCUT2D eigenvalue weighted by Crippen LogP contribution is 2.05. The molecule has 0 bridgehead atoms. The summed E-state index contributed by atoms with van der Waals surface area (Å²) in [5.41, 5.74) is 7.32. The Morgan fingerprint density at radius 3 is 2.40 bits per heavy atom. The first kappa shape index (κ1) is 11.2. The molecule has 0 saturated heterocycles. The molecule has 0 aliphatic carbocycles. The van der Waals surface area contributed by atoms with Crippen LogP contribution in [0.15, 0.2) is 24.3 Å². The maximum absolute atomic E-state index is 10.9. The summed E-state index contributed by atoms with van der Waals surface area (Å²) in [6.07, 6.45) is 0.694. The van der Waals surface area contributed by atoms with Gasteiger partial charge in [0.2, 0.25) is 5.78 Å². The van der Waals surface area contributed by atoms with Gasteiger partial charge in [0.15, 0.2) is 0 Å². The molecule has 0 heterocycles. The Bertz CT molecular complexity index is 357. The lowest BCUT2D eigenvalue weighted by Gasteiger charge is -2.03. The number of hydrogen-bond acceptors (Lipinski definition) is 3. The van der Waals surface area contributed by atoms with Crippen LogP contribution in [0.2, 0.25) is 0 Å². The number of carbonyl (C=O) groups excluding carboxylic acids is 2. The zero-order valence-corrected chi connectivity index (χ0v) is 8.62. The van der Waals surface area contributed by atoms with Crippen LogP contribution in [0.1, 0.15) is 12.5 Å². The fourth-order valence-corrected chi connectivity index (χ4v) is 1.13. The minimum atomic E-state index is -0.537. The van der Waals surface area contributed by atoms with Crippen molar-refractivity contribution in [2.75, 3.05) is 12.3 Å². The van der Waals surface area contributed by atoms with Crippen molar-refractivity contribution in [1.82, 2.24) is 5.32 Å². The molecule has 0 atom stereocenters. The lowest BCUT2D eigenvalue weighted by atomic mass is 10.1. The highest BCUT2D eigenvalue weighted by Gasteiger charge is 2.05. The van der Waals surface area contributed by atoms with Gasteiger partial charge < -0.3 is 11.1 Å². The summed E-state index contributed by atoms with van der Waals surface area (Å²) in [6.45, 7) is 1.71. The highest BCUT2D eigenvalue weighted by molar-refractivity contribution is 6.35. The highest BCUT2D eigenvalue weighted by atomic mass is 16.2. The Balaban J connectivity index is 2.35. The molecule has 0 aromatic heterocycles. The van der Waals surface area contributed by atoms with E-state index in [1.54, 1.807) is 0 Å². The monoisotopic (exact) mass is 206 g/mol. The summed E-state index contributed by atoms with van der Waals surface area (Å²) in [7, 11) is 0. The van der Waals surface area contributed by atoms with Gasteiger partial charge in [0.05, 0.1) is 0 Å². The van der Waals surface area contributed by atoms with Crippen LogP contribution in [0.5, 0.6) is 0 Å². The van der Waals surface area contributed by atoms with Crippen LogP contribution < -0.4 is 11.1 Å². The van der Waals surface area contributed by atoms with Crippen molar-refractivity contribution in [2.24, 2.45) is 0 Å². The maximum atomic E-state index is 10.9. The van der Waals surface area contributed by atoms with Crippen LogP contribution in [0.4, 0.5) is 5.69 Å². The fourth-order valence-electron chi connectivity index (χ4n) is 1.13. The topological polar surface area (TPSA) is 72.2 Å². The van der Waals surface area contributed by atoms with E-state index in [2.05, 4.69) is 5.32 Å². The number of Topliss-reactive ketones (excluding diaryl/α,β-unsaturated/α-hetero) is 1. The van der Waals surface area contributed by atoms with Crippen molar-refractivity contribution in [3.63, 3.8) is 0 Å². The van der Waals surface area contributed by atoms with Gasteiger partial charge in [-0.3, -0.25) is 9.59 Å². The Hall–Kier alpha value is -1.84. The largest absolute Gasteiger partial charge is 0.399 e. The molecule has 0 aliphatic heterocycles. The van der Waals surface area contributed by atoms with Gasteiger partial charge in [-0.25, -0.2) is 0 Å². The Morgan fingerprint density at radius 2 is 1.87 bits per heavy atom. The molecule has 1 aromatic carbocycles. The fraction of sp³-hybridized carbons (Fsp3) is 0.273. The second kappa shape index (κ2) is 5.14. The number of rotatable bonds is 4. The predicted molar refractivity (Wildman–Crippen MR) is 58.2 cm³/mol. The van der Waals surface area contributed by atoms with E-state index in [9.17, 15) is 9.59 Å². The number of amides is 1. The first-order valence-electron chi connectivity index (χ1n) is 4.73. The van der Waals surface area contributed by atoms with Crippen molar-refractivity contribution in [2.45, 2.75) is 13.3 Å². The van der Waals surface area contributed by atoms with Crippen LogP contribution in [0.3, 0.4) is 0 Å². The van der Waals surface area contributed by atoms with Gasteiger partial charge in [-0.15, -0.1) is 0 Å². The summed E-state index contributed by atoms with van der Waals surface area (Å²) >= 11 is 0. The number of carbonyl (C=O) groups is 2. The van der Waals surface area contributed by atoms with Crippen molar-refractivity contribution in [1.29, 1.82) is 0 Å². The molecule has 0 saturated carbocycles. The molecule has 4 heteroatoms. The van der Waals surface area contributed by atoms with Gasteiger partial charge in [-0.05, 0) is 24.1 Å². The summed E-state index contributed by atoms with van der Waals surface area (Å²) in [5.74, 6) is -1.00. The molecule has 0 radical (unpaired) electrons. The van der Waals surface area contributed by atoms with Gasteiger partial charge >= 0.3 is 0 Å². The van der Waals surface area contributed by atoms with Gasteiger partial charge in [0, 0.05) is 19.2 Å². The van der Waals surface area contributed by atoms with Crippen molar-refractivity contribution < 1.29 is 9.59 Å². The van der Waals surface area contributed by atoms with Gasteiger partial charge in [-0.1, -0.05) is 12.1 Å². The SMILES string of the molecule is CC(=O)C(=O)NCCc1ccc(N)cc1. The number of ketones is 1. The summed E-state index contributed by atoms with van der Waals surface area (Å²) in [6, 6.07) is 7.41. The molecule has 0 fully saturated rings. The number of nitrogens with one attached hydrogen (secondary N) is 1. The molecule has 1 rings (SSSR count). The molecule has 15 heavy (non-hydrogen) atoms. The number of benzene rings is 1. The van der Waals surface area contributed by atoms with E-state index in [4.69, 9.17) is 5.73 Å². The van der Waals surface area contributed by atoms with Gasteiger partial charge in [0.25, 0.3) is 5.91 Å². The zero-order valence-electron chi connectivity index (χ0n) is 8.62. The van der Waals surface area contributed by atoms with E-state index < -0.39 is 11.7 Å². The van der Waals surface area contributed by atoms with E-state index in [0.29, 0.717) is 18.7 Å². The van der Waals surface area contributed by atoms with Crippen molar-refractivity contribution in [3.8, 4) is 0 Å². The molecule has 80 valence electrons. The average molecular weight is 206 g/mol. The van der Waals surface area contributed by atoms with Gasteiger partial charge in [-0.2, -0.15) is 0 Å². The molecule has 4 nitrogen and oxygen atoms in total. The predicted octanol–water partition coefficient (Wildman–Crippen LogP) is 0.516. The molecule has 1 amide bonds. The van der Waals surface area contributed by atoms with Crippen LogP contribution >= 0.6 is 0 Å². The third-order valence-corrected chi connectivity index (χ3v) is 2.00. The Labute approximate surface area is 88.5 Å². The Morgan fingerprint density at radius 1 is 1.27 bits per heavy atom. The average Bonchev–Trinajstić information content (AvgIpc) is 2.20. The van der Waals surface area contributed by atoms with Crippen LogP contribution in [-0.2, 0) is 16.0 Å². The maximum Gasteiger partial charge on any atom is 0.287 e. The summed E-state index contributed by atoms with van der Waals surface area (Å²) in [4.78, 5) is 21.5. The van der Waals surface area contributed by atoms with Crippen molar-refractivity contribution >= 4 is 17.4 Å². The van der Waals surface area contributed by atoms with Crippen molar-refractivity contribution in [3.05, 3.63) is 29.8 Å².